The highest BCUT2D eigenvalue weighted by atomic mass is 32.2. The SMILES string of the molecule is OCn1c(SCc2ccccn2)nc2ccccc21. The average Bonchev–Trinajstić information content (AvgIpc) is 2.83. The van der Waals surface area contributed by atoms with Gasteiger partial charge < -0.3 is 5.11 Å². The third kappa shape index (κ3) is 2.47. The molecular formula is C14H13N3OS. The Balaban J connectivity index is 1.88. The monoisotopic (exact) mass is 271 g/mol. The van der Waals surface area contributed by atoms with Gasteiger partial charge in [-0.2, -0.15) is 0 Å². The molecule has 0 saturated heterocycles. The highest BCUT2D eigenvalue weighted by Gasteiger charge is 2.10. The summed E-state index contributed by atoms with van der Waals surface area (Å²) in [5, 5.41) is 10.3. The lowest BCUT2D eigenvalue weighted by atomic mass is 10.3. The number of hydrogen-bond acceptors (Lipinski definition) is 4. The van der Waals surface area contributed by atoms with E-state index < -0.39 is 0 Å². The maximum Gasteiger partial charge on any atom is 0.171 e. The molecule has 1 aromatic carbocycles. The van der Waals surface area contributed by atoms with Gasteiger partial charge in [-0.25, -0.2) is 4.98 Å². The molecule has 2 aromatic heterocycles. The number of benzene rings is 1. The minimum absolute atomic E-state index is 0.0644. The van der Waals surface area contributed by atoms with Crippen molar-refractivity contribution in [1.29, 1.82) is 0 Å². The third-order valence-electron chi connectivity index (χ3n) is 2.84. The normalized spacial score (nSPS) is 11.0. The highest BCUT2D eigenvalue weighted by Crippen LogP contribution is 2.25. The van der Waals surface area contributed by atoms with E-state index in [2.05, 4.69) is 9.97 Å². The summed E-state index contributed by atoms with van der Waals surface area (Å²) in [6, 6.07) is 13.7. The van der Waals surface area contributed by atoms with Crippen molar-refractivity contribution < 1.29 is 5.11 Å². The number of hydrogen-bond donors (Lipinski definition) is 1. The molecule has 0 atom stereocenters. The first-order chi connectivity index (χ1) is 9.38. The summed E-state index contributed by atoms with van der Waals surface area (Å²) < 4.78 is 1.81. The number of rotatable bonds is 4. The van der Waals surface area contributed by atoms with Crippen LogP contribution in [0.2, 0.25) is 0 Å². The predicted molar refractivity (Wildman–Crippen MR) is 75.7 cm³/mol. The van der Waals surface area contributed by atoms with Gasteiger partial charge in [0.2, 0.25) is 0 Å². The Morgan fingerprint density at radius 1 is 1.11 bits per heavy atom. The largest absolute Gasteiger partial charge is 0.376 e. The first-order valence-electron chi connectivity index (χ1n) is 5.97. The first-order valence-corrected chi connectivity index (χ1v) is 6.96. The van der Waals surface area contributed by atoms with Gasteiger partial charge >= 0.3 is 0 Å². The van der Waals surface area contributed by atoms with Crippen LogP contribution in [0.4, 0.5) is 0 Å². The van der Waals surface area contributed by atoms with Crippen LogP contribution < -0.4 is 0 Å². The number of thioether (sulfide) groups is 1. The lowest BCUT2D eigenvalue weighted by Gasteiger charge is -2.04. The molecule has 0 radical (unpaired) electrons. The zero-order valence-corrected chi connectivity index (χ0v) is 11.0. The van der Waals surface area contributed by atoms with Crippen molar-refractivity contribution in [2.24, 2.45) is 0 Å². The van der Waals surface area contributed by atoms with Crippen molar-refractivity contribution in [3.8, 4) is 0 Å². The minimum atomic E-state index is -0.0644. The van der Waals surface area contributed by atoms with Crippen LogP contribution in [0.1, 0.15) is 5.69 Å². The molecule has 5 heteroatoms. The summed E-state index contributed by atoms with van der Waals surface area (Å²) in [5.41, 5.74) is 2.86. The molecule has 0 saturated carbocycles. The van der Waals surface area contributed by atoms with E-state index in [1.54, 1.807) is 18.0 Å². The number of aliphatic hydroxyl groups is 1. The fourth-order valence-corrected chi connectivity index (χ4v) is 2.84. The van der Waals surface area contributed by atoms with Gasteiger partial charge in [-0.05, 0) is 24.3 Å². The zero-order valence-electron chi connectivity index (χ0n) is 10.2. The van der Waals surface area contributed by atoms with E-state index in [4.69, 9.17) is 0 Å². The van der Waals surface area contributed by atoms with E-state index in [9.17, 15) is 5.11 Å². The van der Waals surface area contributed by atoms with Crippen LogP contribution in [-0.2, 0) is 12.5 Å². The molecule has 0 aliphatic rings. The number of fused-ring (bicyclic) bond motifs is 1. The second kappa shape index (κ2) is 5.42. The molecule has 96 valence electrons. The fraction of sp³-hybridized carbons (Fsp3) is 0.143. The maximum absolute atomic E-state index is 9.50. The number of imidazole rings is 1. The van der Waals surface area contributed by atoms with Crippen LogP contribution in [0.15, 0.2) is 53.8 Å². The fourth-order valence-electron chi connectivity index (χ4n) is 1.92. The first kappa shape index (κ1) is 12.2. The topological polar surface area (TPSA) is 50.9 Å². The minimum Gasteiger partial charge on any atom is -0.376 e. The van der Waals surface area contributed by atoms with Gasteiger partial charge in [0, 0.05) is 11.9 Å². The Hall–Kier alpha value is -1.85. The van der Waals surface area contributed by atoms with Gasteiger partial charge in [0.25, 0.3) is 0 Å². The van der Waals surface area contributed by atoms with Gasteiger partial charge in [-0.15, -0.1) is 0 Å². The van der Waals surface area contributed by atoms with E-state index >= 15 is 0 Å². The standard InChI is InChI=1S/C14H13N3OS/c18-10-17-13-7-2-1-6-12(13)16-14(17)19-9-11-5-3-4-8-15-11/h1-8,18H,9-10H2. The molecule has 0 bridgehead atoms. The summed E-state index contributed by atoms with van der Waals surface area (Å²) in [6.07, 6.45) is 1.78. The molecule has 3 aromatic rings. The van der Waals surface area contributed by atoms with Crippen molar-refractivity contribution in [3.63, 3.8) is 0 Å². The summed E-state index contributed by atoms with van der Waals surface area (Å²) in [5.74, 6) is 0.740. The van der Waals surface area contributed by atoms with Gasteiger partial charge in [0.05, 0.1) is 16.7 Å². The van der Waals surface area contributed by atoms with Gasteiger partial charge in [0.15, 0.2) is 5.16 Å². The van der Waals surface area contributed by atoms with Crippen LogP contribution in [0.3, 0.4) is 0 Å². The van der Waals surface area contributed by atoms with E-state index in [0.717, 1.165) is 27.6 Å². The molecule has 0 amide bonds. The Morgan fingerprint density at radius 3 is 2.74 bits per heavy atom. The van der Waals surface area contributed by atoms with Crippen LogP contribution in [0.5, 0.6) is 0 Å². The Bertz CT molecular complexity index is 681. The predicted octanol–water partition coefficient (Wildman–Crippen LogP) is 2.67. The molecule has 1 N–H and O–H groups in total. The van der Waals surface area contributed by atoms with Crippen molar-refractivity contribution >= 4 is 22.8 Å². The average molecular weight is 271 g/mol. The number of para-hydroxylation sites is 2. The quantitative estimate of drug-likeness (QED) is 0.741. The zero-order chi connectivity index (χ0) is 13.1. The van der Waals surface area contributed by atoms with Crippen molar-refractivity contribution in [1.82, 2.24) is 14.5 Å². The van der Waals surface area contributed by atoms with Gasteiger partial charge in [0.1, 0.15) is 6.73 Å². The lowest BCUT2D eigenvalue weighted by Crippen LogP contribution is -1.98. The van der Waals surface area contributed by atoms with Crippen molar-refractivity contribution in [3.05, 3.63) is 54.4 Å². The number of pyridine rings is 1. The van der Waals surface area contributed by atoms with Crippen LogP contribution in [0.25, 0.3) is 11.0 Å². The van der Waals surface area contributed by atoms with E-state index in [-0.39, 0.29) is 6.73 Å². The molecule has 19 heavy (non-hydrogen) atoms. The maximum atomic E-state index is 9.50. The summed E-state index contributed by atoms with van der Waals surface area (Å²) in [6.45, 7) is -0.0644. The Labute approximate surface area is 115 Å². The molecule has 0 aliphatic carbocycles. The van der Waals surface area contributed by atoms with E-state index in [1.807, 2.05) is 47.0 Å². The van der Waals surface area contributed by atoms with Crippen LogP contribution in [0, 0.1) is 0 Å². The highest BCUT2D eigenvalue weighted by molar-refractivity contribution is 7.98. The molecule has 3 rings (SSSR count). The summed E-state index contributed by atoms with van der Waals surface area (Å²) in [4.78, 5) is 8.82. The van der Waals surface area contributed by atoms with Gasteiger partial charge in [-0.1, -0.05) is 30.0 Å². The molecule has 4 nitrogen and oxygen atoms in total. The molecule has 2 heterocycles. The third-order valence-corrected chi connectivity index (χ3v) is 3.85. The molecular weight excluding hydrogens is 258 g/mol. The van der Waals surface area contributed by atoms with E-state index in [1.165, 1.54) is 0 Å². The molecule has 0 unspecified atom stereocenters. The second-order valence-corrected chi connectivity index (χ2v) is 5.00. The summed E-state index contributed by atoms with van der Waals surface area (Å²) >= 11 is 1.58. The second-order valence-electron chi connectivity index (χ2n) is 4.06. The molecule has 0 fully saturated rings. The van der Waals surface area contributed by atoms with Crippen LogP contribution >= 0.6 is 11.8 Å². The Kier molecular flexibility index (Phi) is 3.48. The van der Waals surface area contributed by atoms with Crippen LogP contribution in [-0.4, -0.2) is 19.6 Å². The van der Waals surface area contributed by atoms with Gasteiger partial charge in [-0.3, -0.25) is 9.55 Å². The smallest absolute Gasteiger partial charge is 0.171 e. The van der Waals surface area contributed by atoms with Crippen molar-refractivity contribution in [2.45, 2.75) is 17.6 Å². The number of aromatic nitrogens is 3. The molecule has 0 aliphatic heterocycles. The van der Waals surface area contributed by atoms with E-state index in [0.29, 0.717) is 0 Å². The Morgan fingerprint density at radius 2 is 1.95 bits per heavy atom. The lowest BCUT2D eigenvalue weighted by molar-refractivity contribution is 0.205. The number of aliphatic hydroxyl groups excluding tert-OH is 1. The number of nitrogens with zero attached hydrogens (tertiary/aromatic N) is 3. The molecule has 0 spiro atoms. The van der Waals surface area contributed by atoms with Crippen molar-refractivity contribution in [2.75, 3.05) is 0 Å². The summed E-state index contributed by atoms with van der Waals surface area (Å²) in [7, 11) is 0.